The molecule has 0 aromatic heterocycles. The lowest BCUT2D eigenvalue weighted by Gasteiger charge is -2.06. The Morgan fingerprint density at radius 1 is 1.11 bits per heavy atom. The quantitative estimate of drug-likeness (QED) is 0.630. The zero-order valence-electron chi connectivity index (χ0n) is 11.0. The lowest BCUT2D eigenvalue weighted by atomic mass is 10.2. The van der Waals surface area contributed by atoms with Gasteiger partial charge in [-0.1, -0.05) is 18.2 Å². The van der Waals surface area contributed by atoms with Crippen LogP contribution in [0.5, 0.6) is 11.5 Å². The van der Waals surface area contributed by atoms with E-state index in [1.807, 2.05) is 30.3 Å². The molecule has 0 aliphatic heterocycles. The van der Waals surface area contributed by atoms with Crippen molar-refractivity contribution >= 4 is 11.8 Å². The normalized spacial score (nSPS) is 10.4. The largest absolute Gasteiger partial charge is 0.508 e. The number of phenols is 1. The maximum atomic E-state index is 9.35. The van der Waals surface area contributed by atoms with E-state index in [-0.39, 0.29) is 0 Å². The first-order chi connectivity index (χ1) is 9.24. The molecule has 0 saturated carbocycles. The van der Waals surface area contributed by atoms with Crippen LogP contribution < -0.4 is 4.74 Å². The molecule has 0 unspecified atom stereocenters. The summed E-state index contributed by atoms with van der Waals surface area (Å²) < 4.78 is 5.69. The molecule has 0 amide bonds. The third-order valence-electron chi connectivity index (χ3n) is 2.63. The van der Waals surface area contributed by atoms with Crippen molar-refractivity contribution < 1.29 is 9.84 Å². The Kier molecular flexibility index (Phi) is 5.16. The number of hydrogen-bond acceptors (Lipinski definition) is 3. The molecule has 3 heteroatoms. The molecular weight excluding hydrogens is 256 g/mol. The van der Waals surface area contributed by atoms with Crippen molar-refractivity contribution in [1.29, 1.82) is 0 Å². The Labute approximate surface area is 118 Å². The number of thioether (sulfide) groups is 1. The lowest BCUT2D eigenvalue weighted by Crippen LogP contribution is -1.98. The fourth-order valence-corrected chi connectivity index (χ4v) is 2.59. The molecule has 0 fully saturated rings. The van der Waals surface area contributed by atoms with Crippen LogP contribution in [0.1, 0.15) is 12.0 Å². The Balaban J connectivity index is 1.67. The Morgan fingerprint density at radius 2 is 1.95 bits per heavy atom. The average molecular weight is 274 g/mol. The fourth-order valence-electron chi connectivity index (χ4n) is 1.72. The highest BCUT2D eigenvalue weighted by molar-refractivity contribution is 7.99. The van der Waals surface area contributed by atoms with Gasteiger partial charge in [-0.25, -0.2) is 0 Å². The molecule has 2 aromatic rings. The molecule has 0 bridgehead atoms. The summed E-state index contributed by atoms with van der Waals surface area (Å²) in [6, 6.07) is 15.4. The molecule has 2 rings (SSSR count). The fraction of sp³-hybridized carbons (Fsp3) is 0.250. The second kappa shape index (κ2) is 7.10. The molecule has 19 heavy (non-hydrogen) atoms. The van der Waals surface area contributed by atoms with Crippen molar-refractivity contribution in [3.8, 4) is 11.5 Å². The monoisotopic (exact) mass is 274 g/mol. The predicted molar refractivity (Wildman–Crippen MR) is 80.1 cm³/mol. The van der Waals surface area contributed by atoms with Gasteiger partial charge in [0.1, 0.15) is 11.5 Å². The molecule has 0 radical (unpaired) electrons. The highest BCUT2D eigenvalue weighted by Crippen LogP contribution is 2.22. The number of benzene rings is 2. The van der Waals surface area contributed by atoms with Crippen LogP contribution in [0.25, 0.3) is 0 Å². The first-order valence-electron chi connectivity index (χ1n) is 6.35. The second-order valence-corrected chi connectivity index (χ2v) is 5.53. The van der Waals surface area contributed by atoms with Crippen molar-refractivity contribution in [2.24, 2.45) is 0 Å². The van der Waals surface area contributed by atoms with E-state index >= 15 is 0 Å². The van der Waals surface area contributed by atoms with Gasteiger partial charge in [-0.2, -0.15) is 0 Å². The highest BCUT2D eigenvalue weighted by Gasteiger charge is 1.97. The summed E-state index contributed by atoms with van der Waals surface area (Å²) >= 11 is 1.73. The molecule has 0 aliphatic rings. The van der Waals surface area contributed by atoms with Crippen molar-refractivity contribution in [3.63, 3.8) is 0 Å². The minimum absolute atomic E-state index is 0.320. The van der Waals surface area contributed by atoms with E-state index < -0.39 is 0 Å². The molecule has 0 saturated heterocycles. The van der Waals surface area contributed by atoms with Gasteiger partial charge >= 0.3 is 0 Å². The SMILES string of the molecule is Cc1cccc(OCCCSc2cccc(O)c2)c1. The van der Waals surface area contributed by atoms with Crippen LogP contribution in [0, 0.1) is 6.92 Å². The van der Waals surface area contributed by atoms with Gasteiger partial charge in [0.25, 0.3) is 0 Å². The van der Waals surface area contributed by atoms with Crippen molar-refractivity contribution in [3.05, 3.63) is 54.1 Å². The predicted octanol–water partition coefficient (Wildman–Crippen LogP) is 4.26. The zero-order chi connectivity index (χ0) is 13.5. The Bertz CT molecular complexity index is 478. The van der Waals surface area contributed by atoms with Crippen LogP contribution >= 0.6 is 11.8 Å². The van der Waals surface area contributed by atoms with E-state index in [0.29, 0.717) is 5.75 Å². The van der Waals surface area contributed by atoms with Gasteiger partial charge in [0.15, 0.2) is 0 Å². The summed E-state index contributed by atoms with van der Waals surface area (Å²) in [6.45, 7) is 2.78. The molecule has 0 heterocycles. The third kappa shape index (κ3) is 4.87. The number of aryl methyl sites for hydroxylation is 1. The summed E-state index contributed by atoms with van der Waals surface area (Å²) in [5, 5.41) is 9.35. The number of rotatable bonds is 6. The third-order valence-corrected chi connectivity index (χ3v) is 3.71. The van der Waals surface area contributed by atoms with Gasteiger partial charge in [-0.3, -0.25) is 0 Å². The van der Waals surface area contributed by atoms with Crippen LogP contribution in [0.4, 0.5) is 0 Å². The van der Waals surface area contributed by atoms with Gasteiger partial charge in [0.2, 0.25) is 0 Å². The molecule has 2 nitrogen and oxygen atoms in total. The van der Waals surface area contributed by atoms with Crippen molar-refractivity contribution in [1.82, 2.24) is 0 Å². The van der Waals surface area contributed by atoms with Crippen LogP contribution in [0.15, 0.2) is 53.4 Å². The topological polar surface area (TPSA) is 29.5 Å². The van der Waals surface area contributed by atoms with Gasteiger partial charge < -0.3 is 9.84 Å². The second-order valence-electron chi connectivity index (χ2n) is 4.36. The molecule has 100 valence electrons. The number of aromatic hydroxyl groups is 1. The molecule has 0 atom stereocenters. The van der Waals surface area contributed by atoms with E-state index in [2.05, 4.69) is 13.0 Å². The first kappa shape index (κ1) is 13.8. The maximum absolute atomic E-state index is 9.35. The van der Waals surface area contributed by atoms with Gasteiger partial charge in [-0.05, 0) is 49.2 Å². The first-order valence-corrected chi connectivity index (χ1v) is 7.34. The highest BCUT2D eigenvalue weighted by atomic mass is 32.2. The van der Waals surface area contributed by atoms with Crippen LogP contribution in [0.3, 0.4) is 0 Å². The standard InChI is InChI=1S/C16H18O2S/c1-13-5-2-7-15(11-13)18-9-4-10-19-16-8-3-6-14(17)12-16/h2-3,5-8,11-12,17H,4,9-10H2,1H3. The van der Waals surface area contributed by atoms with E-state index in [0.717, 1.165) is 29.4 Å². The number of phenolic OH excluding ortho intramolecular Hbond substituents is 1. The summed E-state index contributed by atoms with van der Waals surface area (Å²) in [5.41, 5.74) is 1.21. The molecule has 1 N–H and O–H groups in total. The van der Waals surface area contributed by atoms with E-state index in [9.17, 15) is 5.11 Å². The minimum Gasteiger partial charge on any atom is -0.508 e. The molecule has 0 spiro atoms. The molecule has 0 aliphatic carbocycles. The minimum atomic E-state index is 0.320. The van der Waals surface area contributed by atoms with Gasteiger partial charge in [-0.15, -0.1) is 11.8 Å². The lowest BCUT2D eigenvalue weighted by molar-refractivity contribution is 0.318. The van der Waals surface area contributed by atoms with E-state index in [4.69, 9.17) is 4.74 Å². The molecular formula is C16H18O2S. The average Bonchev–Trinajstić information content (AvgIpc) is 2.38. The van der Waals surface area contributed by atoms with Gasteiger partial charge in [0.05, 0.1) is 6.61 Å². The summed E-state index contributed by atoms with van der Waals surface area (Å²) in [6.07, 6.45) is 0.980. The number of hydrogen-bond donors (Lipinski definition) is 1. The van der Waals surface area contributed by atoms with Crippen molar-refractivity contribution in [2.75, 3.05) is 12.4 Å². The van der Waals surface area contributed by atoms with E-state index in [1.165, 1.54) is 5.56 Å². The van der Waals surface area contributed by atoms with Crippen LogP contribution in [-0.4, -0.2) is 17.5 Å². The van der Waals surface area contributed by atoms with Gasteiger partial charge in [0, 0.05) is 10.6 Å². The van der Waals surface area contributed by atoms with Crippen LogP contribution in [0.2, 0.25) is 0 Å². The summed E-state index contributed by atoms with van der Waals surface area (Å²) in [7, 11) is 0. The van der Waals surface area contributed by atoms with Crippen molar-refractivity contribution in [2.45, 2.75) is 18.2 Å². The smallest absolute Gasteiger partial charge is 0.119 e. The van der Waals surface area contributed by atoms with Crippen LogP contribution in [-0.2, 0) is 0 Å². The summed E-state index contributed by atoms with van der Waals surface area (Å²) in [4.78, 5) is 1.09. The number of ether oxygens (including phenoxy) is 1. The maximum Gasteiger partial charge on any atom is 0.119 e. The molecule has 2 aromatic carbocycles. The van der Waals surface area contributed by atoms with E-state index in [1.54, 1.807) is 23.9 Å². The Hall–Kier alpha value is -1.61. The zero-order valence-corrected chi connectivity index (χ0v) is 11.8. The summed E-state index contributed by atoms with van der Waals surface area (Å²) in [5.74, 6) is 2.23. The Morgan fingerprint density at radius 3 is 2.74 bits per heavy atom.